The van der Waals surface area contributed by atoms with Gasteiger partial charge in [-0.2, -0.15) is 0 Å². The Morgan fingerprint density at radius 2 is 1.81 bits per heavy atom. The second kappa shape index (κ2) is 4.30. The number of nitrogens with zero attached hydrogens (tertiary/aromatic N) is 1. The number of halogens is 1. The van der Waals surface area contributed by atoms with Crippen LogP contribution in [-0.4, -0.2) is 28.5 Å². The van der Waals surface area contributed by atoms with Gasteiger partial charge < -0.3 is 17.5 Å². The summed E-state index contributed by atoms with van der Waals surface area (Å²) in [5, 5.41) is 9.59. The first-order valence-electron chi connectivity index (χ1n) is 5.44. The summed E-state index contributed by atoms with van der Waals surface area (Å²) in [6, 6.07) is 8.47. The number of hydrogen-bond acceptors (Lipinski definition) is 1. The average Bonchev–Trinajstić information content (AvgIpc) is 2.29. The third-order valence-electron chi connectivity index (χ3n) is 3.23. The van der Waals surface area contributed by atoms with Gasteiger partial charge in [0, 0.05) is 18.1 Å². The predicted molar refractivity (Wildman–Crippen MR) is 59.6 cm³/mol. The van der Waals surface area contributed by atoms with Crippen LogP contribution < -0.4 is 12.4 Å². The molecule has 16 heavy (non-hydrogen) atoms. The second-order valence-corrected chi connectivity index (χ2v) is 4.17. The smallest absolute Gasteiger partial charge is 0.210 e. The van der Waals surface area contributed by atoms with Crippen molar-refractivity contribution in [3.05, 3.63) is 47.2 Å². The van der Waals surface area contributed by atoms with E-state index in [0.29, 0.717) is 5.76 Å². The lowest BCUT2D eigenvalue weighted by atomic mass is 9.94. The maximum atomic E-state index is 9.59. The van der Waals surface area contributed by atoms with Crippen molar-refractivity contribution in [1.82, 2.24) is 0 Å². The zero-order valence-electron chi connectivity index (χ0n) is 8.99. The molecular weight excluding hydrogens is 222 g/mol. The standard InChI is InChI=1S/C13H13NO.ClH/c15-11-6-8-14-7-5-10-3-1-2-4-12(10)13(14)9-11;/h1-4,9H,5-8H2;1H. The van der Waals surface area contributed by atoms with E-state index < -0.39 is 0 Å². The van der Waals surface area contributed by atoms with Crippen molar-refractivity contribution in [3.8, 4) is 0 Å². The Morgan fingerprint density at radius 1 is 1.06 bits per heavy atom. The van der Waals surface area contributed by atoms with Crippen molar-refractivity contribution < 1.29 is 22.1 Å². The summed E-state index contributed by atoms with van der Waals surface area (Å²) in [6.07, 6.45) is 3.82. The normalized spacial score (nSPS) is 18.1. The topological polar surface area (TPSA) is 23.2 Å². The highest BCUT2D eigenvalue weighted by molar-refractivity contribution is 6.07. The van der Waals surface area contributed by atoms with Crippen molar-refractivity contribution >= 4 is 5.71 Å². The van der Waals surface area contributed by atoms with Crippen LogP contribution in [0.3, 0.4) is 0 Å². The first-order valence-corrected chi connectivity index (χ1v) is 5.44. The summed E-state index contributed by atoms with van der Waals surface area (Å²) in [5.41, 5.74) is 3.88. The SMILES string of the molecule is OC1=CC2=[N+](CC1)CCc1ccccc12.[Cl-]. The molecule has 2 heterocycles. The minimum Gasteiger partial charge on any atom is -1.00 e. The van der Waals surface area contributed by atoms with E-state index in [9.17, 15) is 5.11 Å². The highest BCUT2D eigenvalue weighted by atomic mass is 35.5. The van der Waals surface area contributed by atoms with E-state index in [1.165, 1.54) is 16.8 Å². The van der Waals surface area contributed by atoms with Gasteiger partial charge in [0.1, 0.15) is 12.3 Å². The molecule has 0 unspecified atom stereocenters. The molecule has 0 aromatic heterocycles. The maximum absolute atomic E-state index is 9.59. The van der Waals surface area contributed by atoms with Gasteiger partial charge in [-0.25, -0.2) is 4.58 Å². The van der Waals surface area contributed by atoms with E-state index in [1.807, 2.05) is 6.08 Å². The van der Waals surface area contributed by atoms with Crippen LogP contribution in [0.2, 0.25) is 0 Å². The third-order valence-corrected chi connectivity index (χ3v) is 3.23. The molecule has 0 amide bonds. The highest BCUT2D eigenvalue weighted by Crippen LogP contribution is 2.20. The summed E-state index contributed by atoms with van der Waals surface area (Å²) in [7, 11) is 0. The van der Waals surface area contributed by atoms with Gasteiger partial charge in [0.25, 0.3) is 0 Å². The molecule has 0 bridgehead atoms. The molecule has 0 spiro atoms. The predicted octanol–water partition coefficient (Wildman–Crippen LogP) is -1.11. The maximum Gasteiger partial charge on any atom is 0.210 e. The fraction of sp³-hybridized carbons (Fsp3) is 0.308. The van der Waals surface area contributed by atoms with Crippen molar-refractivity contribution in [2.45, 2.75) is 12.8 Å². The molecule has 0 atom stereocenters. The number of fused-ring (bicyclic) bond motifs is 2. The van der Waals surface area contributed by atoms with Gasteiger partial charge in [-0.3, -0.25) is 0 Å². The Hall–Kier alpha value is -1.28. The average molecular weight is 236 g/mol. The molecule has 3 heteroatoms. The van der Waals surface area contributed by atoms with Crippen molar-refractivity contribution in [2.24, 2.45) is 0 Å². The Morgan fingerprint density at radius 3 is 2.69 bits per heavy atom. The molecule has 0 aliphatic carbocycles. The summed E-state index contributed by atoms with van der Waals surface area (Å²) < 4.78 is 2.36. The zero-order chi connectivity index (χ0) is 10.3. The molecule has 0 radical (unpaired) electrons. The van der Waals surface area contributed by atoms with Gasteiger partial charge in [-0.05, 0) is 11.6 Å². The number of benzene rings is 1. The number of aliphatic hydroxyl groups is 1. The molecule has 0 saturated carbocycles. The van der Waals surface area contributed by atoms with Crippen molar-refractivity contribution in [2.75, 3.05) is 13.1 Å². The zero-order valence-corrected chi connectivity index (χ0v) is 9.74. The minimum absolute atomic E-state index is 0. The largest absolute Gasteiger partial charge is 1.00 e. The molecule has 1 aromatic carbocycles. The summed E-state index contributed by atoms with van der Waals surface area (Å²) in [6.45, 7) is 2.03. The second-order valence-electron chi connectivity index (χ2n) is 4.17. The summed E-state index contributed by atoms with van der Waals surface area (Å²) in [4.78, 5) is 0. The molecule has 1 N–H and O–H groups in total. The summed E-state index contributed by atoms with van der Waals surface area (Å²) in [5.74, 6) is 0.512. The Kier molecular flexibility index (Phi) is 3.01. The number of allylic oxidation sites excluding steroid dienone is 1. The molecular formula is C13H14ClNO. The first kappa shape index (κ1) is 11.2. The van der Waals surface area contributed by atoms with Gasteiger partial charge in [0.15, 0.2) is 6.54 Å². The van der Waals surface area contributed by atoms with Crippen LogP contribution in [-0.2, 0) is 6.42 Å². The van der Waals surface area contributed by atoms with Crippen LogP contribution in [0, 0.1) is 0 Å². The van der Waals surface area contributed by atoms with Crippen LogP contribution in [0.15, 0.2) is 36.1 Å². The van der Waals surface area contributed by atoms with Crippen LogP contribution in [0.4, 0.5) is 0 Å². The molecule has 2 aliphatic rings. The molecule has 0 fully saturated rings. The van der Waals surface area contributed by atoms with Crippen molar-refractivity contribution in [3.63, 3.8) is 0 Å². The van der Waals surface area contributed by atoms with Crippen LogP contribution in [0.1, 0.15) is 17.5 Å². The van der Waals surface area contributed by atoms with Gasteiger partial charge in [-0.15, -0.1) is 0 Å². The lowest BCUT2D eigenvalue weighted by Crippen LogP contribution is -3.00. The Bertz CT molecular complexity index is 477. The number of rotatable bonds is 0. The molecule has 1 aromatic rings. The van der Waals surface area contributed by atoms with Crippen LogP contribution in [0.25, 0.3) is 0 Å². The van der Waals surface area contributed by atoms with Gasteiger partial charge >= 0.3 is 0 Å². The Labute approximate surface area is 101 Å². The van der Waals surface area contributed by atoms with Gasteiger partial charge in [-0.1, -0.05) is 18.2 Å². The fourth-order valence-corrected chi connectivity index (χ4v) is 2.42. The summed E-state index contributed by atoms with van der Waals surface area (Å²) >= 11 is 0. The van der Waals surface area contributed by atoms with E-state index in [0.717, 1.165) is 25.9 Å². The lowest BCUT2D eigenvalue weighted by Gasteiger charge is -2.19. The van der Waals surface area contributed by atoms with E-state index >= 15 is 0 Å². The van der Waals surface area contributed by atoms with E-state index in [4.69, 9.17) is 0 Å². The van der Waals surface area contributed by atoms with E-state index in [1.54, 1.807) is 0 Å². The van der Waals surface area contributed by atoms with Crippen molar-refractivity contribution in [1.29, 1.82) is 0 Å². The van der Waals surface area contributed by atoms with Crippen LogP contribution >= 0.6 is 0 Å². The molecule has 3 rings (SSSR count). The monoisotopic (exact) mass is 235 g/mol. The molecule has 84 valence electrons. The number of hydrogen-bond donors (Lipinski definition) is 1. The fourth-order valence-electron chi connectivity index (χ4n) is 2.42. The van der Waals surface area contributed by atoms with Crippen LogP contribution in [0.5, 0.6) is 0 Å². The molecule has 2 nitrogen and oxygen atoms in total. The third kappa shape index (κ3) is 1.74. The van der Waals surface area contributed by atoms with E-state index in [-0.39, 0.29) is 12.4 Å². The number of aliphatic hydroxyl groups excluding tert-OH is 1. The highest BCUT2D eigenvalue weighted by Gasteiger charge is 2.26. The molecule has 2 aliphatic heterocycles. The first-order chi connectivity index (χ1) is 7.34. The quantitative estimate of drug-likeness (QED) is 0.567. The molecule has 0 saturated heterocycles. The van der Waals surface area contributed by atoms with E-state index in [2.05, 4.69) is 28.8 Å². The Balaban J connectivity index is 0.000000963. The van der Waals surface area contributed by atoms with Gasteiger partial charge in [0.2, 0.25) is 5.71 Å². The van der Waals surface area contributed by atoms with Gasteiger partial charge in [0.05, 0.1) is 6.42 Å². The minimum atomic E-state index is 0. The lowest BCUT2D eigenvalue weighted by molar-refractivity contribution is -0.529.